The number of carbonyl (C=O) groups excluding carboxylic acids is 1. The van der Waals surface area contributed by atoms with E-state index in [9.17, 15) is 9.90 Å². The number of nitrogens with two attached hydrogens (primary N) is 2. The van der Waals surface area contributed by atoms with E-state index >= 15 is 0 Å². The first-order valence-corrected chi connectivity index (χ1v) is 21.8. The standard InChI is InChI=1S/C47H65N9O2/c1-29-20-21-47(4)33(24-29)16-19-36-37-25-30(2)40(38(37)26-39(57)41(36)47)45(58)51-23-13-11-9-7-6-8-10-12-22-50-31(3)32-14-17-35(18-15-32)56(5)28-34-27-52-44-42(53-34)43(48)54-46(49)55-44/h14-15,17-18,20-21,24,27,30,36-41,50,57H,1,3,6-13,16,19,22-23,25-26,28H2,2,4-5H3,(H,51,58)(H4,48,49,52,54,55)/t30-,36?,37?,38?,39?,40?,41?,47?/m1/s1. The van der Waals surface area contributed by atoms with Crippen LogP contribution in [-0.2, 0) is 11.3 Å². The zero-order valence-electron chi connectivity index (χ0n) is 34.9. The van der Waals surface area contributed by atoms with Gasteiger partial charge in [0.2, 0.25) is 11.9 Å². The van der Waals surface area contributed by atoms with Gasteiger partial charge in [0.05, 0.1) is 24.5 Å². The molecular weight excluding hydrogens is 723 g/mol. The molecule has 0 radical (unpaired) electrons. The van der Waals surface area contributed by atoms with E-state index in [2.05, 4.69) is 105 Å². The Hall–Kier alpha value is -4.77. The average Bonchev–Trinajstić information content (AvgIpc) is 3.53. The number of carbonyl (C=O) groups is 1. The molecule has 7 unspecified atom stereocenters. The van der Waals surface area contributed by atoms with Gasteiger partial charge in [-0.1, -0.05) is 101 Å². The van der Waals surface area contributed by atoms with Gasteiger partial charge in [0.1, 0.15) is 0 Å². The number of rotatable bonds is 17. The van der Waals surface area contributed by atoms with Crippen LogP contribution in [0.4, 0.5) is 17.5 Å². The Morgan fingerprint density at radius 1 is 0.948 bits per heavy atom. The second-order valence-corrected chi connectivity index (χ2v) is 17.9. The third-order valence-corrected chi connectivity index (χ3v) is 13.9. The van der Waals surface area contributed by atoms with Gasteiger partial charge in [0, 0.05) is 48.8 Å². The minimum absolute atomic E-state index is 0.0226. The molecule has 0 aliphatic heterocycles. The van der Waals surface area contributed by atoms with Crippen LogP contribution in [0.1, 0.15) is 102 Å². The number of unbranched alkanes of at least 4 members (excludes halogenated alkanes) is 7. The Bertz CT molecular complexity index is 2030. The lowest BCUT2D eigenvalue weighted by molar-refractivity contribution is -0.130. The summed E-state index contributed by atoms with van der Waals surface area (Å²) in [5, 5.41) is 18.4. The van der Waals surface area contributed by atoms with Crippen LogP contribution in [0, 0.1) is 40.9 Å². The van der Waals surface area contributed by atoms with Crippen LogP contribution >= 0.6 is 0 Å². The minimum Gasteiger partial charge on any atom is -0.393 e. The largest absolute Gasteiger partial charge is 0.393 e. The molecule has 2 aromatic heterocycles. The second kappa shape index (κ2) is 18.0. The Balaban J connectivity index is 0.734. The molecule has 2 heterocycles. The van der Waals surface area contributed by atoms with Crippen LogP contribution in [0.3, 0.4) is 0 Å². The summed E-state index contributed by atoms with van der Waals surface area (Å²) in [6.07, 6.45) is 21.5. The van der Waals surface area contributed by atoms with Gasteiger partial charge in [-0.25, -0.2) is 9.97 Å². The number of nitrogens with one attached hydrogen (secondary N) is 2. The number of benzene rings is 1. The monoisotopic (exact) mass is 788 g/mol. The van der Waals surface area contributed by atoms with E-state index in [1.165, 1.54) is 37.7 Å². The lowest BCUT2D eigenvalue weighted by Gasteiger charge is -2.55. The summed E-state index contributed by atoms with van der Waals surface area (Å²) < 4.78 is 0. The topological polar surface area (TPSA) is 168 Å². The fourth-order valence-corrected chi connectivity index (χ4v) is 11.0. The Kier molecular flexibility index (Phi) is 12.9. The molecule has 1 amide bonds. The first-order chi connectivity index (χ1) is 27.9. The number of amides is 1. The van der Waals surface area contributed by atoms with Gasteiger partial charge < -0.3 is 32.1 Å². The van der Waals surface area contributed by atoms with E-state index in [-0.39, 0.29) is 41.0 Å². The maximum absolute atomic E-state index is 13.6. The molecule has 58 heavy (non-hydrogen) atoms. The molecule has 3 saturated carbocycles. The van der Waals surface area contributed by atoms with Crippen LogP contribution in [0.5, 0.6) is 0 Å². The quantitative estimate of drug-likeness (QED) is 0.0854. The number of nitrogens with zero attached hydrogens (tertiary/aromatic N) is 5. The summed E-state index contributed by atoms with van der Waals surface area (Å²) in [5.74, 6) is 2.45. The van der Waals surface area contributed by atoms with E-state index in [1.54, 1.807) is 6.20 Å². The van der Waals surface area contributed by atoms with Crippen LogP contribution in [-0.4, -0.2) is 57.2 Å². The van der Waals surface area contributed by atoms with E-state index in [1.807, 2.05) is 7.05 Å². The lowest BCUT2D eigenvalue weighted by Crippen LogP contribution is -2.53. The lowest BCUT2D eigenvalue weighted by atomic mass is 9.50. The van der Waals surface area contributed by atoms with Crippen molar-refractivity contribution >= 4 is 40.2 Å². The first kappa shape index (κ1) is 41.4. The van der Waals surface area contributed by atoms with Gasteiger partial charge in [-0.2, -0.15) is 9.97 Å². The smallest absolute Gasteiger partial charge is 0.224 e. The predicted octanol–water partition coefficient (Wildman–Crippen LogP) is 7.76. The van der Waals surface area contributed by atoms with Gasteiger partial charge in [0.15, 0.2) is 17.0 Å². The molecule has 0 saturated heterocycles. The number of allylic oxidation sites excluding steroid dienone is 5. The van der Waals surface area contributed by atoms with Crippen LogP contribution in [0.25, 0.3) is 16.9 Å². The number of hydrogen-bond acceptors (Lipinski definition) is 10. The van der Waals surface area contributed by atoms with E-state index < -0.39 is 0 Å². The molecule has 4 aliphatic rings. The molecular formula is C47H65N9O2. The summed E-state index contributed by atoms with van der Waals surface area (Å²) in [7, 11) is 2.01. The predicted molar refractivity (Wildman–Crippen MR) is 235 cm³/mol. The molecule has 11 heteroatoms. The maximum atomic E-state index is 13.6. The summed E-state index contributed by atoms with van der Waals surface area (Å²) in [6.45, 7) is 15.2. The van der Waals surface area contributed by atoms with Crippen molar-refractivity contribution in [2.24, 2.45) is 40.9 Å². The number of nitrogen functional groups attached to an aromatic ring is 2. The SMILES string of the molecule is C=C1C=CC2(C)C(=C1)CCC1C3C[C@@H](C)C(C(=O)NCCCCCCCCCCNC(=C)c4ccc(N(C)Cc5cnc6nc(N)nc(N)c6n5)cc4)C3CC(O)C12. The van der Waals surface area contributed by atoms with Crippen molar-refractivity contribution < 1.29 is 9.90 Å². The van der Waals surface area contributed by atoms with Gasteiger partial charge in [0.25, 0.3) is 0 Å². The molecule has 3 fully saturated rings. The minimum atomic E-state index is -0.366. The van der Waals surface area contributed by atoms with Crippen LogP contribution < -0.4 is 27.0 Å². The molecule has 8 atom stereocenters. The van der Waals surface area contributed by atoms with Crippen molar-refractivity contribution in [3.05, 3.63) is 84.3 Å². The molecule has 7 N–H and O–H groups in total. The van der Waals surface area contributed by atoms with Crippen LogP contribution in [0.15, 0.2) is 73.0 Å². The fourth-order valence-electron chi connectivity index (χ4n) is 11.0. The van der Waals surface area contributed by atoms with Gasteiger partial charge in [-0.05, 0) is 85.5 Å². The molecule has 11 nitrogen and oxygen atoms in total. The Morgan fingerprint density at radius 2 is 1.64 bits per heavy atom. The van der Waals surface area contributed by atoms with Crippen LogP contribution in [0.2, 0.25) is 0 Å². The summed E-state index contributed by atoms with van der Waals surface area (Å²) in [4.78, 5) is 32.7. The highest BCUT2D eigenvalue weighted by atomic mass is 16.3. The molecule has 4 aliphatic carbocycles. The number of anilines is 3. The van der Waals surface area contributed by atoms with Crippen molar-refractivity contribution in [3.63, 3.8) is 0 Å². The fraction of sp³-hybridized carbons (Fsp3) is 0.553. The second-order valence-electron chi connectivity index (χ2n) is 17.9. The van der Waals surface area contributed by atoms with Crippen molar-refractivity contribution in [1.29, 1.82) is 0 Å². The first-order valence-electron chi connectivity index (χ1n) is 21.8. The normalized spacial score (nSPS) is 27.3. The Labute approximate surface area is 345 Å². The average molecular weight is 788 g/mol. The number of aromatic nitrogens is 4. The van der Waals surface area contributed by atoms with E-state index in [4.69, 9.17) is 11.5 Å². The van der Waals surface area contributed by atoms with Crippen molar-refractivity contribution in [2.75, 3.05) is 36.5 Å². The van der Waals surface area contributed by atoms with Gasteiger partial charge in [-0.3, -0.25) is 4.79 Å². The third-order valence-electron chi connectivity index (χ3n) is 13.9. The van der Waals surface area contributed by atoms with Crippen molar-refractivity contribution in [3.8, 4) is 0 Å². The zero-order chi connectivity index (χ0) is 41.0. The molecule has 3 aromatic rings. The highest BCUT2D eigenvalue weighted by Crippen LogP contribution is 2.62. The maximum Gasteiger partial charge on any atom is 0.224 e. The highest BCUT2D eigenvalue weighted by Gasteiger charge is 2.59. The molecule has 310 valence electrons. The highest BCUT2D eigenvalue weighted by molar-refractivity contribution is 5.82. The molecule has 0 spiro atoms. The Morgan fingerprint density at radius 3 is 2.36 bits per heavy atom. The van der Waals surface area contributed by atoms with E-state index in [0.717, 1.165) is 86.3 Å². The number of aliphatic hydroxyl groups excluding tert-OH is 1. The molecule has 1 aromatic carbocycles. The zero-order valence-corrected chi connectivity index (χ0v) is 34.9. The van der Waals surface area contributed by atoms with Crippen molar-refractivity contribution in [2.45, 2.75) is 104 Å². The summed E-state index contributed by atoms with van der Waals surface area (Å²) in [6, 6.07) is 8.34. The number of aliphatic hydroxyl groups is 1. The summed E-state index contributed by atoms with van der Waals surface area (Å²) in [5.41, 5.74) is 18.7. The van der Waals surface area contributed by atoms with E-state index in [0.29, 0.717) is 41.4 Å². The third kappa shape index (κ3) is 8.94. The van der Waals surface area contributed by atoms with Gasteiger partial charge in [-0.15, -0.1) is 0 Å². The summed E-state index contributed by atoms with van der Waals surface area (Å²) >= 11 is 0. The van der Waals surface area contributed by atoms with Crippen molar-refractivity contribution in [1.82, 2.24) is 30.6 Å². The number of fused-ring (bicyclic) bond motifs is 6. The van der Waals surface area contributed by atoms with Gasteiger partial charge >= 0.3 is 0 Å². The molecule has 7 rings (SSSR count). The molecule has 0 bridgehead atoms. The number of hydrogen-bond donors (Lipinski definition) is 5.